The van der Waals surface area contributed by atoms with E-state index in [1.807, 2.05) is 19.1 Å². The number of ether oxygens (including phenoxy) is 1. The molecule has 116 valence electrons. The number of quaternary nitrogens is 1. The molecule has 2 N–H and O–H groups in total. The van der Waals surface area contributed by atoms with Crippen molar-refractivity contribution in [3.8, 4) is 0 Å². The highest BCUT2D eigenvalue weighted by Gasteiger charge is 2.42. The predicted molar refractivity (Wildman–Crippen MR) is 84.2 cm³/mol. The molecule has 0 bridgehead atoms. The molecule has 1 aromatic carbocycles. The van der Waals surface area contributed by atoms with E-state index in [1.165, 1.54) is 0 Å². The molecule has 1 heterocycles. The van der Waals surface area contributed by atoms with Gasteiger partial charge in [0.05, 0.1) is 13.2 Å². The number of hydrogen-bond donors (Lipinski definition) is 2. The second kappa shape index (κ2) is 7.16. The zero-order valence-corrected chi connectivity index (χ0v) is 13.9. The number of hydrogen-bond acceptors (Lipinski definition) is 2. The number of rotatable bonds is 3. The molecule has 1 amide bonds. The zero-order chi connectivity index (χ0) is 15.5. The van der Waals surface area contributed by atoms with Gasteiger partial charge in [-0.2, -0.15) is 0 Å². The van der Waals surface area contributed by atoms with E-state index in [9.17, 15) is 4.79 Å². The number of aryl methyl sites for hydroxylation is 1. The number of amides is 1. The fourth-order valence-electron chi connectivity index (χ4n) is 2.34. The molecule has 0 saturated carbocycles. The summed E-state index contributed by atoms with van der Waals surface area (Å²) in [6.07, 6.45) is -0.612. The van der Waals surface area contributed by atoms with E-state index in [4.69, 9.17) is 39.5 Å². The first-order valence-electron chi connectivity index (χ1n) is 6.74. The van der Waals surface area contributed by atoms with E-state index < -0.39 is 9.96 Å². The molecule has 0 radical (unpaired) electrons. The lowest BCUT2D eigenvalue weighted by atomic mass is 10.1. The van der Waals surface area contributed by atoms with E-state index in [2.05, 4.69) is 5.32 Å². The van der Waals surface area contributed by atoms with Gasteiger partial charge < -0.3 is 9.64 Å². The SMILES string of the molecule is Cc1cccc(C(=O)N[C@H]([NH+]2CCOCC2)C(Cl)(Cl)Cl)c1. The number of nitrogens with one attached hydrogen (secondary N) is 2. The van der Waals surface area contributed by atoms with Crippen LogP contribution in [0.4, 0.5) is 0 Å². The monoisotopic (exact) mass is 351 g/mol. The van der Waals surface area contributed by atoms with Gasteiger partial charge in [0, 0.05) is 5.56 Å². The molecule has 0 unspecified atom stereocenters. The molecular formula is C14H18Cl3N2O2+. The number of alkyl halides is 3. The fourth-order valence-corrected chi connectivity index (χ4v) is 2.96. The third-order valence-electron chi connectivity index (χ3n) is 3.43. The Bertz CT molecular complexity index is 499. The highest BCUT2D eigenvalue weighted by atomic mass is 35.6. The minimum atomic E-state index is -1.58. The largest absolute Gasteiger partial charge is 0.370 e. The highest BCUT2D eigenvalue weighted by molar-refractivity contribution is 6.68. The summed E-state index contributed by atoms with van der Waals surface area (Å²) in [6.45, 7) is 4.48. The summed E-state index contributed by atoms with van der Waals surface area (Å²) in [5.41, 5.74) is 1.56. The quantitative estimate of drug-likeness (QED) is 0.806. The Labute approximate surface area is 139 Å². The summed E-state index contributed by atoms with van der Waals surface area (Å²) in [5, 5.41) is 2.84. The molecule has 0 aliphatic carbocycles. The molecule has 1 aliphatic heterocycles. The molecule has 7 heteroatoms. The summed E-state index contributed by atoms with van der Waals surface area (Å²) in [5.74, 6) is -0.242. The van der Waals surface area contributed by atoms with Crippen molar-refractivity contribution < 1.29 is 14.4 Å². The smallest absolute Gasteiger partial charge is 0.262 e. The Hall–Kier alpha value is -0.520. The third kappa shape index (κ3) is 4.73. The van der Waals surface area contributed by atoms with Gasteiger partial charge in [0.2, 0.25) is 6.17 Å². The van der Waals surface area contributed by atoms with Crippen molar-refractivity contribution in [1.82, 2.24) is 5.32 Å². The standard InChI is InChI=1S/C14H17Cl3N2O2/c1-10-3-2-4-11(9-10)12(20)18-13(14(15,16)17)19-5-7-21-8-6-19/h2-4,9,13H,5-8H2,1H3,(H,18,20)/p+1/t13-/m1/s1. The van der Waals surface area contributed by atoms with Crippen molar-refractivity contribution in [1.29, 1.82) is 0 Å². The predicted octanol–water partition coefficient (Wildman–Crippen LogP) is 1.34. The van der Waals surface area contributed by atoms with Gasteiger partial charge in [-0.15, -0.1) is 0 Å². The molecule has 0 aromatic heterocycles. The van der Waals surface area contributed by atoms with Crippen molar-refractivity contribution in [2.45, 2.75) is 16.9 Å². The molecule has 1 atom stereocenters. The van der Waals surface area contributed by atoms with Crippen LogP contribution in [-0.4, -0.2) is 42.2 Å². The van der Waals surface area contributed by atoms with Gasteiger partial charge in [-0.1, -0.05) is 52.5 Å². The Morgan fingerprint density at radius 3 is 2.57 bits per heavy atom. The van der Waals surface area contributed by atoms with E-state index in [-0.39, 0.29) is 5.91 Å². The normalized spacial score (nSPS) is 18.3. The third-order valence-corrected chi connectivity index (χ3v) is 4.08. The van der Waals surface area contributed by atoms with Gasteiger partial charge in [-0.05, 0) is 19.1 Å². The van der Waals surface area contributed by atoms with Crippen LogP contribution in [0.3, 0.4) is 0 Å². The molecule has 4 nitrogen and oxygen atoms in total. The van der Waals surface area contributed by atoms with Gasteiger partial charge in [0.15, 0.2) is 0 Å². The van der Waals surface area contributed by atoms with Crippen molar-refractivity contribution in [2.24, 2.45) is 0 Å². The van der Waals surface area contributed by atoms with Crippen LogP contribution in [-0.2, 0) is 4.74 Å². The van der Waals surface area contributed by atoms with Crippen LogP contribution in [0.25, 0.3) is 0 Å². The lowest BCUT2D eigenvalue weighted by molar-refractivity contribution is -0.934. The first-order chi connectivity index (χ1) is 9.88. The molecular weight excluding hydrogens is 335 g/mol. The van der Waals surface area contributed by atoms with Crippen LogP contribution < -0.4 is 10.2 Å². The maximum absolute atomic E-state index is 12.4. The minimum absolute atomic E-state index is 0.242. The van der Waals surface area contributed by atoms with Crippen LogP contribution >= 0.6 is 34.8 Å². The van der Waals surface area contributed by atoms with E-state index in [0.717, 1.165) is 10.5 Å². The minimum Gasteiger partial charge on any atom is -0.370 e. The maximum Gasteiger partial charge on any atom is 0.262 e. The van der Waals surface area contributed by atoms with Gasteiger partial charge in [-0.3, -0.25) is 10.1 Å². The second-order valence-corrected chi connectivity index (χ2v) is 7.46. The van der Waals surface area contributed by atoms with Gasteiger partial charge in [0.25, 0.3) is 9.70 Å². The first-order valence-corrected chi connectivity index (χ1v) is 7.88. The number of carbonyl (C=O) groups is 1. The summed E-state index contributed by atoms with van der Waals surface area (Å²) >= 11 is 18.1. The van der Waals surface area contributed by atoms with Crippen LogP contribution in [0.15, 0.2) is 24.3 Å². The van der Waals surface area contributed by atoms with Crippen LogP contribution in [0.5, 0.6) is 0 Å². The van der Waals surface area contributed by atoms with Crippen molar-refractivity contribution in [3.05, 3.63) is 35.4 Å². The lowest BCUT2D eigenvalue weighted by Crippen LogP contribution is -3.21. The Balaban J connectivity index is 2.13. The molecule has 1 aliphatic rings. The summed E-state index contributed by atoms with van der Waals surface area (Å²) in [4.78, 5) is 13.4. The molecule has 1 fully saturated rings. The molecule has 1 saturated heterocycles. The van der Waals surface area contributed by atoms with E-state index in [1.54, 1.807) is 12.1 Å². The van der Waals surface area contributed by atoms with Crippen molar-refractivity contribution in [2.75, 3.05) is 26.3 Å². The topological polar surface area (TPSA) is 42.8 Å². The van der Waals surface area contributed by atoms with Crippen LogP contribution in [0.1, 0.15) is 15.9 Å². The van der Waals surface area contributed by atoms with Gasteiger partial charge in [0.1, 0.15) is 13.1 Å². The van der Waals surface area contributed by atoms with Crippen LogP contribution in [0.2, 0.25) is 0 Å². The summed E-state index contributed by atoms with van der Waals surface area (Å²) in [7, 11) is 0. The fraction of sp³-hybridized carbons (Fsp3) is 0.500. The van der Waals surface area contributed by atoms with E-state index in [0.29, 0.717) is 31.9 Å². The average Bonchev–Trinajstić information content (AvgIpc) is 2.44. The van der Waals surface area contributed by atoms with Gasteiger partial charge >= 0.3 is 0 Å². The Kier molecular flexibility index (Phi) is 5.74. The average molecular weight is 353 g/mol. The number of benzene rings is 1. The zero-order valence-electron chi connectivity index (χ0n) is 11.7. The highest BCUT2D eigenvalue weighted by Crippen LogP contribution is 2.28. The number of halogens is 3. The maximum atomic E-state index is 12.4. The number of carbonyl (C=O) groups excluding carboxylic acids is 1. The molecule has 21 heavy (non-hydrogen) atoms. The second-order valence-electron chi connectivity index (χ2n) is 5.09. The van der Waals surface area contributed by atoms with Crippen molar-refractivity contribution >= 4 is 40.7 Å². The summed E-state index contributed by atoms with van der Waals surface area (Å²) < 4.78 is 3.73. The number of morpholine rings is 1. The Morgan fingerprint density at radius 1 is 1.33 bits per heavy atom. The molecule has 2 rings (SSSR count). The van der Waals surface area contributed by atoms with Gasteiger partial charge in [-0.25, -0.2) is 0 Å². The van der Waals surface area contributed by atoms with E-state index >= 15 is 0 Å². The Morgan fingerprint density at radius 2 is 2.00 bits per heavy atom. The molecule has 1 aromatic rings. The molecule has 0 spiro atoms. The summed E-state index contributed by atoms with van der Waals surface area (Å²) in [6, 6.07) is 7.30. The lowest BCUT2D eigenvalue weighted by Gasteiger charge is -2.35. The van der Waals surface area contributed by atoms with Crippen LogP contribution in [0, 0.1) is 6.92 Å². The van der Waals surface area contributed by atoms with Crippen molar-refractivity contribution in [3.63, 3.8) is 0 Å². The first kappa shape index (κ1) is 16.8.